The predicted octanol–water partition coefficient (Wildman–Crippen LogP) is 3.58. The van der Waals surface area contributed by atoms with Crippen molar-refractivity contribution in [2.24, 2.45) is 0 Å². The summed E-state index contributed by atoms with van der Waals surface area (Å²) in [5, 5.41) is 2.70. The van der Waals surface area contributed by atoms with E-state index in [1.165, 1.54) is 0 Å². The molecule has 27 heavy (non-hydrogen) atoms. The molecule has 0 aromatic heterocycles. The Hall–Kier alpha value is -2.67. The highest BCUT2D eigenvalue weighted by atomic mass is 32.2. The number of Topliss-reactive ketones (excluding diaryl/α,β-unsaturated/α-hetero) is 1. The maximum absolute atomic E-state index is 12.3. The molecule has 2 aromatic rings. The third-order valence-electron chi connectivity index (χ3n) is 4.22. The molecule has 2 rings (SSSR count). The van der Waals surface area contributed by atoms with Gasteiger partial charge in [0.15, 0.2) is 5.78 Å². The molecule has 6 nitrogen and oxygen atoms in total. The molecule has 0 aliphatic rings. The van der Waals surface area contributed by atoms with Crippen LogP contribution in [0.5, 0.6) is 0 Å². The molecule has 0 unspecified atom stereocenters. The Bertz CT molecular complexity index is 981. The van der Waals surface area contributed by atoms with Gasteiger partial charge >= 0.3 is 0 Å². The van der Waals surface area contributed by atoms with Crippen LogP contribution in [0.4, 0.5) is 11.4 Å². The molecule has 1 amide bonds. The lowest BCUT2D eigenvalue weighted by Crippen LogP contribution is -2.15. The van der Waals surface area contributed by atoms with Crippen LogP contribution in [0.1, 0.15) is 39.9 Å². The van der Waals surface area contributed by atoms with Crippen LogP contribution in [0.15, 0.2) is 36.4 Å². The molecule has 0 bridgehead atoms. The average molecular weight is 388 g/mol. The van der Waals surface area contributed by atoms with E-state index < -0.39 is 10.0 Å². The Morgan fingerprint density at radius 1 is 0.889 bits per heavy atom. The zero-order valence-corrected chi connectivity index (χ0v) is 16.7. The van der Waals surface area contributed by atoms with Gasteiger partial charge in [0.1, 0.15) is 0 Å². The summed E-state index contributed by atoms with van der Waals surface area (Å²) in [6.45, 7) is 5.69. The van der Waals surface area contributed by atoms with Crippen LogP contribution in [-0.4, -0.2) is 26.4 Å². The average Bonchev–Trinajstić information content (AvgIpc) is 2.57. The van der Waals surface area contributed by atoms with Crippen LogP contribution >= 0.6 is 0 Å². The summed E-state index contributed by atoms with van der Waals surface area (Å²) < 4.78 is 25.2. The standard InChI is InChI=1S/C20H24N2O4S/c1-13-5-7-16(11-15(13)3)19(23)9-10-20(24)21-17-8-6-14(2)18(12-17)22-27(4,25)26/h5-8,11-12,22H,9-10H2,1-4H3,(H,21,24). The van der Waals surface area contributed by atoms with Gasteiger partial charge in [-0.1, -0.05) is 18.2 Å². The second-order valence-electron chi connectivity index (χ2n) is 6.67. The fourth-order valence-electron chi connectivity index (χ4n) is 2.52. The van der Waals surface area contributed by atoms with Crippen LogP contribution in [0.25, 0.3) is 0 Å². The minimum absolute atomic E-state index is 0.0501. The molecule has 144 valence electrons. The minimum atomic E-state index is -3.41. The van der Waals surface area contributed by atoms with Crippen LogP contribution in [0.3, 0.4) is 0 Å². The number of benzene rings is 2. The van der Waals surface area contributed by atoms with Gasteiger partial charge in [-0.25, -0.2) is 8.42 Å². The van der Waals surface area contributed by atoms with E-state index in [4.69, 9.17) is 0 Å². The number of carbonyl (C=O) groups is 2. The number of hydrogen-bond acceptors (Lipinski definition) is 4. The zero-order chi connectivity index (χ0) is 20.2. The third kappa shape index (κ3) is 6.21. The first-order chi connectivity index (χ1) is 12.5. The molecule has 2 aromatic carbocycles. The van der Waals surface area contributed by atoms with Crippen LogP contribution in [0.2, 0.25) is 0 Å². The summed E-state index contributed by atoms with van der Waals surface area (Å²) in [5.74, 6) is -0.391. The summed E-state index contributed by atoms with van der Waals surface area (Å²) in [7, 11) is -3.41. The number of amides is 1. The van der Waals surface area contributed by atoms with Crippen molar-refractivity contribution in [3.05, 3.63) is 58.7 Å². The molecular formula is C20H24N2O4S. The van der Waals surface area contributed by atoms with Gasteiger partial charge < -0.3 is 5.32 Å². The van der Waals surface area contributed by atoms with E-state index in [0.29, 0.717) is 16.9 Å². The molecule has 2 N–H and O–H groups in total. The molecule has 0 spiro atoms. The Morgan fingerprint density at radius 2 is 1.56 bits per heavy atom. The second-order valence-corrected chi connectivity index (χ2v) is 8.42. The summed E-state index contributed by atoms with van der Waals surface area (Å²) in [6.07, 6.45) is 1.22. The summed E-state index contributed by atoms with van der Waals surface area (Å²) in [6, 6.07) is 10.4. The number of ketones is 1. The van der Waals surface area contributed by atoms with Gasteiger partial charge in [-0.15, -0.1) is 0 Å². The number of carbonyl (C=O) groups excluding carboxylic acids is 2. The van der Waals surface area contributed by atoms with Gasteiger partial charge in [-0.3, -0.25) is 14.3 Å². The van der Waals surface area contributed by atoms with Crippen LogP contribution in [0, 0.1) is 20.8 Å². The minimum Gasteiger partial charge on any atom is -0.326 e. The van der Waals surface area contributed by atoms with E-state index in [0.717, 1.165) is 22.9 Å². The number of anilines is 2. The molecular weight excluding hydrogens is 364 g/mol. The summed E-state index contributed by atoms with van der Waals surface area (Å²) >= 11 is 0. The van der Waals surface area contributed by atoms with Crippen molar-refractivity contribution < 1.29 is 18.0 Å². The first-order valence-corrected chi connectivity index (χ1v) is 10.4. The molecule has 0 atom stereocenters. The Morgan fingerprint density at radius 3 is 2.19 bits per heavy atom. The lowest BCUT2D eigenvalue weighted by atomic mass is 10.0. The number of sulfonamides is 1. The highest BCUT2D eigenvalue weighted by molar-refractivity contribution is 7.92. The van der Waals surface area contributed by atoms with Crippen molar-refractivity contribution in [2.45, 2.75) is 33.6 Å². The smallest absolute Gasteiger partial charge is 0.229 e. The van der Waals surface area contributed by atoms with Crippen molar-refractivity contribution in [1.29, 1.82) is 0 Å². The number of nitrogens with one attached hydrogen (secondary N) is 2. The van der Waals surface area contributed by atoms with E-state index in [1.54, 1.807) is 31.2 Å². The van der Waals surface area contributed by atoms with Gasteiger partial charge in [-0.05, 0) is 55.7 Å². The fourth-order valence-corrected chi connectivity index (χ4v) is 3.14. The first kappa shape index (κ1) is 20.6. The number of aryl methyl sites for hydroxylation is 3. The summed E-state index contributed by atoms with van der Waals surface area (Å²) in [5.41, 5.74) is 4.36. The Kier molecular flexibility index (Phi) is 6.38. The highest BCUT2D eigenvalue weighted by Gasteiger charge is 2.12. The normalized spacial score (nSPS) is 11.1. The molecule has 0 saturated carbocycles. The lowest BCUT2D eigenvalue weighted by molar-refractivity contribution is -0.116. The van der Waals surface area contributed by atoms with Gasteiger partial charge in [0.05, 0.1) is 11.9 Å². The van der Waals surface area contributed by atoms with Gasteiger partial charge in [0.2, 0.25) is 15.9 Å². The quantitative estimate of drug-likeness (QED) is 0.709. The maximum Gasteiger partial charge on any atom is 0.229 e. The van der Waals surface area contributed by atoms with E-state index in [2.05, 4.69) is 10.0 Å². The monoisotopic (exact) mass is 388 g/mol. The van der Waals surface area contributed by atoms with E-state index >= 15 is 0 Å². The van der Waals surface area contributed by atoms with Crippen molar-refractivity contribution in [2.75, 3.05) is 16.3 Å². The van der Waals surface area contributed by atoms with Gasteiger partial charge in [0.25, 0.3) is 0 Å². The molecule has 0 aliphatic carbocycles. The molecule has 7 heteroatoms. The van der Waals surface area contributed by atoms with Crippen LogP contribution < -0.4 is 10.0 Å². The second kappa shape index (κ2) is 8.35. The molecule has 0 radical (unpaired) electrons. The van der Waals surface area contributed by atoms with E-state index in [9.17, 15) is 18.0 Å². The molecule has 0 saturated heterocycles. The van der Waals surface area contributed by atoms with Crippen molar-refractivity contribution >= 4 is 33.1 Å². The summed E-state index contributed by atoms with van der Waals surface area (Å²) in [4.78, 5) is 24.4. The SMILES string of the molecule is Cc1ccc(C(=O)CCC(=O)Nc2ccc(C)c(NS(C)(=O)=O)c2)cc1C. The fraction of sp³-hybridized carbons (Fsp3) is 0.300. The molecule has 0 aliphatic heterocycles. The predicted molar refractivity (Wildman–Crippen MR) is 108 cm³/mol. The van der Waals surface area contributed by atoms with Crippen molar-refractivity contribution in [1.82, 2.24) is 0 Å². The number of hydrogen-bond donors (Lipinski definition) is 2. The maximum atomic E-state index is 12.3. The highest BCUT2D eigenvalue weighted by Crippen LogP contribution is 2.21. The largest absolute Gasteiger partial charge is 0.326 e. The Labute approximate surface area is 160 Å². The van der Waals surface area contributed by atoms with Crippen molar-refractivity contribution in [3.8, 4) is 0 Å². The van der Waals surface area contributed by atoms with Crippen LogP contribution in [-0.2, 0) is 14.8 Å². The van der Waals surface area contributed by atoms with Crippen molar-refractivity contribution in [3.63, 3.8) is 0 Å². The van der Waals surface area contributed by atoms with Gasteiger partial charge in [0, 0.05) is 24.1 Å². The molecule has 0 fully saturated rings. The number of rotatable bonds is 7. The topological polar surface area (TPSA) is 92.3 Å². The zero-order valence-electron chi connectivity index (χ0n) is 15.9. The molecule has 0 heterocycles. The van der Waals surface area contributed by atoms with E-state index in [-0.39, 0.29) is 24.5 Å². The van der Waals surface area contributed by atoms with E-state index in [1.807, 2.05) is 26.0 Å². The first-order valence-electron chi connectivity index (χ1n) is 8.54. The van der Waals surface area contributed by atoms with Gasteiger partial charge in [-0.2, -0.15) is 0 Å². The third-order valence-corrected chi connectivity index (χ3v) is 4.82. The Balaban J connectivity index is 1.98. The lowest BCUT2D eigenvalue weighted by Gasteiger charge is -2.11.